The summed E-state index contributed by atoms with van der Waals surface area (Å²) in [5, 5.41) is 19.1. The number of carbonyl (C=O) groups is 3. The summed E-state index contributed by atoms with van der Waals surface area (Å²) < 4.78 is 9.48. The Morgan fingerprint density at radius 3 is 2.63 bits per heavy atom. The molecule has 0 fully saturated rings. The number of tetrazole rings is 1. The van der Waals surface area contributed by atoms with E-state index in [1.54, 1.807) is 0 Å². The number of aromatic nitrogens is 4. The molecule has 0 aliphatic carbocycles. The number of ether oxygens (including phenoxy) is 2. The highest BCUT2D eigenvalue weighted by atomic mass is 16.5. The molecular weight excluding hydrogens is 260 g/mol. The zero-order valence-electron chi connectivity index (χ0n) is 9.79. The number of hydrogen-bond acceptors (Lipinski definition) is 9. The summed E-state index contributed by atoms with van der Waals surface area (Å²) in [6.07, 6.45) is 1.03. The monoisotopic (exact) mass is 270 g/mol. The Balaban J connectivity index is 2.40. The van der Waals surface area contributed by atoms with E-state index in [0.717, 1.165) is 25.6 Å². The molecule has 0 radical (unpaired) electrons. The van der Waals surface area contributed by atoms with Crippen LogP contribution in [0.3, 0.4) is 0 Å². The van der Waals surface area contributed by atoms with Gasteiger partial charge in [-0.15, -0.1) is 5.10 Å². The van der Waals surface area contributed by atoms with E-state index in [2.05, 4.69) is 25.0 Å². The van der Waals surface area contributed by atoms with Crippen LogP contribution < -0.4 is 0 Å². The number of methoxy groups -OCH3 is 1. The third kappa shape index (κ3) is 4.63. The molecule has 0 spiro atoms. The first-order valence-electron chi connectivity index (χ1n) is 4.92. The SMILES string of the molecule is COC(=O)/C=C/C(=O)OCC(O)C(=O)n1cnnn1. The highest BCUT2D eigenvalue weighted by Gasteiger charge is 2.19. The van der Waals surface area contributed by atoms with Crippen molar-refractivity contribution in [3.63, 3.8) is 0 Å². The fraction of sp³-hybridized carbons (Fsp3) is 0.333. The summed E-state index contributed by atoms with van der Waals surface area (Å²) in [7, 11) is 1.15. The van der Waals surface area contributed by atoms with Gasteiger partial charge in [0.2, 0.25) is 0 Å². The molecule has 0 saturated carbocycles. The van der Waals surface area contributed by atoms with Crippen LogP contribution in [0.2, 0.25) is 0 Å². The Labute approximate surface area is 106 Å². The number of rotatable bonds is 5. The number of esters is 2. The summed E-state index contributed by atoms with van der Waals surface area (Å²) in [6.45, 7) is -0.594. The lowest BCUT2D eigenvalue weighted by Crippen LogP contribution is -2.32. The second-order valence-electron chi connectivity index (χ2n) is 3.09. The molecule has 1 atom stereocenters. The third-order valence-electron chi connectivity index (χ3n) is 1.80. The lowest BCUT2D eigenvalue weighted by molar-refractivity contribution is -0.141. The van der Waals surface area contributed by atoms with Crippen molar-refractivity contribution in [1.82, 2.24) is 20.2 Å². The lowest BCUT2D eigenvalue weighted by Gasteiger charge is -2.07. The number of hydrogen-bond donors (Lipinski definition) is 1. The first kappa shape index (κ1) is 14.4. The Morgan fingerprint density at radius 1 is 1.37 bits per heavy atom. The fourth-order valence-corrected chi connectivity index (χ4v) is 0.900. The maximum Gasteiger partial charge on any atom is 0.331 e. The van der Waals surface area contributed by atoms with Gasteiger partial charge >= 0.3 is 11.9 Å². The summed E-state index contributed by atoms with van der Waals surface area (Å²) in [4.78, 5) is 33.2. The molecule has 1 unspecified atom stereocenters. The Hall–Kier alpha value is -2.62. The molecule has 1 aromatic heterocycles. The number of aliphatic hydroxyl groups is 1. The second-order valence-corrected chi connectivity index (χ2v) is 3.09. The zero-order valence-corrected chi connectivity index (χ0v) is 9.79. The van der Waals surface area contributed by atoms with Crippen molar-refractivity contribution >= 4 is 17.8 Å². The predicted molar refractivity (Wildman–Crippen MR) is 56.6 cm³/mol. The van der Waals surface area contributed by atoms with E-state index in [1.165, 1.54) is 0 Å². The van der Waals surface area contributed by atoms with Crippen molar-refractivity contribution in [3.8, 4) is 0 Å². The fourth-order valence-electron chi connectivity index (χ4n) is 0.900. The highest BCUT2D eigenvalue weighted by molar-refractivity contribution is 5.91. The van der Waals surface area contributed by atoms with E-state index >= 15 is 0 Å². The van der Waals surface area contributed by atoms with E-state index in [1.807, 2.05) is 0 Å². The van der Waals surface area contributed by atoms with Crippen LogP contribution in [0.1, 0.15) is 4.79 Å². The van der Waals surface area contributed by atoms with E-state index in [4.69, 9.17) is 0 Å². The van der Waals surface area contributed by atoms with Gasteiger partial charge in [-0.3, -0.25) is 4.79 Å². The van der Waals surface area contributed by atoms with Crippen LogP contribution >= 0.6 is 0 Å². The normalized spacial score (nSPS) is 12.1. The Bertz CT molecular complexity index is 483. The van der Waals surface area contributed by atoms with Gasteiger partial charge < -0.3 is 14.6 Å². The van der Waals surface area contributed by atoms with E-state index in [-0.39, 0.29) is 0 Å². The molecule has 1 aromatic rings. The Morgan fingerprint density at radius 2 is 2.05 bits per heavy atom. The first-order chi connectivity index (χ1) is 9.04. The maximum atomic E-state index is 11.4. The first-order valence-corrected chi connectivity index (χ1v) is 4.92. The van der Waals surface area contributed by atoms with E-state index < -0.39 is 30.6 Å². The summed E-state index contributed by atoms with van der Waals surface area (Å²) in [5.41, 5.74) is 0. The molecule has 1 rings (SSSR count). The molecular formula is C9H10N4O6. The van der Waals surface area contributed by atoms with Gasteiger partial charge in [-0.25, -0.2) is 9.59 Å². The second kappa shape index (κ2) is 6.96. The van der Waals surface area contributed by atoms with Crippen LogP contribution in [0.5, 0.6) is 0 Å². The smallest absolute Gasteiger partial charge is 0.331 e. The van der Waals surface area contributed by atoms with E-state index in [9.17, 15) is 19.5 Å². The summed E-state index contributed by atoms with van der Waals surface area (Å²) in [6, 6.07) is 0. The molecule has 0 aliphatic rings. The molecule has 0 aliphatic heterocycles. The van der Waals surface area contributed by atoms with Gasteiger partial charge in [0.05, 0.1) is 7.11 Å². The largest absolute Gasteiger partial charge is 0.466 e. The van der Waals surface area contributed by atoms with Gasteiger partial charge in [0.1, 0.15) is 12.9 Å². The molecule has 1 N–H and O–H groups in total. The lowest BCUT2D eigenvalue weighted by atomic mass is 10.3. The maximum absolute atomic E-state index is 11.4. The van der Waals surface area contributed by atoms with Crippen molar-refractivity contribution in [2.75, 3.05) is 13.7 Å². The van der Waals surface area contributed by atoms with Gasteiger partial charge in [-0.1, -0.05) is 0 Å². The van der Waals surface area contributed by atoms with Crippen molar-refractivity contribution in [2.45, 2.75) is 6.10 Å². The van der Waals surface area contributed by atoms with Crippen LogP contribution in [0, 0.1) is 0 Å². The number of carbonyl (C=O) groups excluding carboxylic acids is 3. The van der Waals surface area contributed by atoms with Crippen LogP contribution in [0.4, 0.5) is 0 Å². The van der Waals surface area contributed by atoms with Crippen molar-refractivity contribution in [3.05, 3.63) is 18.5 Å². The van der Waals surface area contributed by atoms with Crippen molar-refractivity contribution in [2.24, 2.45) is 0 Å². The van der Waals surface area contributed by atoms with Gasteiger partial charge in [-0.2, -0.15) is 4.68 Å². The predicted octanol–water partition coefficient (Wildman–Crippen LogP) is -2.05. The van der Waals surface area contributed by atoms with Crippen LogP contribution in [-0.4, -0.2) is 63.0 Å². The van der Waals surface area contributed by atoms with Gasteiger partial charge in [-0.05, 0) is 10.4 Å². The van der Waals surface area contributed by atoms with E-state index in [0.29, 0.717) is 4.68 Å². The van der Waals surface area contributed by atoms with Gasteiger partial charge in [0.25, 0.3) is 5.91 Å². The number of nitrogens with zero attached hydrogens (tertiary/aromatic N) is 4. The molecule has 0 amide bonds. The minimum atomic E-state index is -1.61. The van der Waals surface area contributed by atoms with Gasteiger partial charge in [0, 0.05) is 12.2 Å². The van der Waals surface area contributed by atoms with Crippen molar-refractivity contribution < 1.29 is 29.0 Å². The summed E-state index contributed by atoms with van der Waals surface area (Å²) >= 11 is 0. The standard InChI is InChI=1S/C9H10N4O6/c1-18-7(15)2-3-8(16)19-4-6(14)9(17)13-5-10-11-12-13/h2-3,5-6,14H,4H2,1H3/b3-2+. The minimum Gasteiger partial charge on any atom is -0.466 e. The Kier molecular flexibility index (Phi) is 5.29. The number of aliphatic hydroxyl groups excluding tert-OH is 1. The van der Waals surface area contributed by atoms with Crippen molar-refractivity contribution in [1.29, 1.82) is 0 Å². The highest BCUT2D eigenvalue weighted by Crippen LogP contribution is 1.93. The quantitative estimate of drug-likeness (QED) is 0.364. The molecule has 0 bridgehead atoms. The van der Waals surface area contributed by atoms with Crippen LogP contribution in [-0.2, 0) is 19.1 Å². The summed E-state index contributed by atoms with van der Waals surface area (Å²) in [5.74, 6) is -2.49. The molecule has 1 heterocycles. The van der Waals surface area contributed by atoms with Gasteiger partial charge in [0.15, 0.2) is 6.10 Å². The molecule has 19 heavy (non-hydrogen) atoms. The average Bonchev–Trinajstić information content (AvgIpc) is 2.95. The molecule has 10 nitrogen and oxygen atoms in total. The van der Waals surface area contributed by atoms with Crippen LogP contribution in [0.25, 0.3) is 0 Å². The zero-order chi connectivity index (χ0) is 14.3. The molecule has 102 valence electrons. The molecule has 0 saturated heterocycles. The topological polar surface area (TPSA) is 134 Å². The minimum absolute atomic E-state index is 0.594. The molecule has 10 heteroatoms. The molecule has 0 aromatic carbocycles. The third-order valence-corrected chi connectivity index (χ3v) is 1.80. The average molecular weight is 270 g/mol. The van der Waals surface area contributed by atoms with Crippen LogP contribution in [0.15, 0.2) is 18.5 Å².